The molecule has 154 valence electrons. The van der Waals surface area contributed by atoms with E-state index in [1.165, 1.54) is 0 Å². The van der Waals surface area contributed by atoms with Crippen molar-refractivity contribution in [2.24, 2.45) is 0 Å². The van der Waals surface area contributed by atoms with Gasteiger partial charge >= 0.3 is 0 Å². The van der Waals surface area contributed by atoms with Crippen LogP contribution in [0.3, 0.4) is 0 Å². The molecule has 1 N–H and O–H groups in total. The van der Waals surface area contributed by atoms with Gasteiger partial charge in [-0.05, 0) is 47.2 Å². The zero-order valence-electron chi connectivity index (χ0n) is 17.6. The average molecular weight is 452 g/mol. The van der Waals surface area contributed by atoms with E-state index in [4.69, 9.17) is 11.6 Å². The topological polar surface area (TPSA) is 29.1 Å². The molecule has 3 rings (SSSR count). The average Bonchev–Trinajstić information content (AvgIpc) is 2.74. The maximum Gasteiger partial charge on any atom is 0.205 e. The largest absolute Gasteiger partial charge is 0.296 e. The Kier molecular flexibility index (Phi) is 7.03. The molecule has 0 aliphatic carbocycles. The van der Waals surface area contributed by atoms with Gasteiger partial charge in [0.15, 0.2) is 0 Å². The zero-order chi connectivity index (χ0) is 21.8. The Morgan fingerprint density at radius 3 is 1.77 bits per heavy atom. The van der Waals surface area contributed by atoms with Crippen molar-refractivity contribution in [3.8, 4) is 0 Å². The summed E-state index contributed by atoms with van der Waals surface area (Å²) in [5.74, 6) is 0. The van der Waals surface area contributed by atoms with Crippen LogP contribution in [0.25, 0.3) is 0 Å². The van der Waals surface area contributed by atoms with E-state index in [9.17, 15) is 4.57 Å². The minimum Gasteiger partial charge on any atom is -0.296 e. The third-order valence-corrected chi connectivity index (χ3v) is 10.0. The second kappa shape index (κ2) is 9.35. The molecule has 0 aliphatic heterocycles. The Morgan fingerprint density at radius 1 is 0.900 bits per heavy atom. The van der Waals surface area contributed by atoms with Gasteiger partial charge in [0.05, 0.1) is 14.1 Å². The van der Waals surface area contributed by atoms with E-state index >= 15 is 0 Å². The quantitative estimate of drug-likeness (QED) is 0.253. The summed E-state index contributed by atoms with van der Waals surface area (Å²) in [5.41, 5.74) is 4.19. The summed E-state index contributed by atoms with van der Waals surface area (Å²) in [4.78, 5) is 0. The molecule has 0 radical (unpaired) electrons. The van der Waals surface area contributed by atoms with Gasteiger partial charge in [-0.15, -0.1) is 5.73 Å². The van der Waals surface area contributed by atoms with Gasteiger partial charge in [-0.25, -0.2) is 5.09 Å². The molecule has 3 aromatic carbocycles. The highest BCUT2D eigenvalue weighted by molar-refractivity contribution is 7.76. The van der Waals surface area contributed by atoms with Crippen molar-refractivity contribution < 1.29 is 4.57 Å². The van der Waals surface area contributed by atoms with Gasteiger partial charge in [-0.1, -0.05) is 86.4 Å². The van der Waals surface area contributed by atoms with Crippen LogP contribution in [0.1, 0.15) is 11.6 Å². The van der Waals surface area contributed by atoms with Gasteiger partial charge in [0.1, 0.15) is 0 Å². The summed E-state index contributed by atoms with van der Waals surface area (Å²) in [6.07, 6.45) is 0. The van der Waals surface area contributed by atoms with E-state index in [1.807, 2.05) is 84.9 Å². The third kappa shape index (κ3) is 4.95. The molecular weight excluding hydrogens is 425 g/mol. The van der Waals surface area contributed by atoms with Crippen molar-refractivity contribution >= 4 is 37.6 Å². The van der Waals surface area contributed by atoms with Crippen molar-refractivity contribution in [1.82, 2.24) is 5.09 Å². The molecule has 0 aromatic heterocycles. The maximum absolute atomic E-state index is 14.6. The Balaban J connectivity index is 2.20. The molecule has 0 aliphatic rings. The first-order chi connectivity index (χ1) is 14.3. The summed E-state index contributed by atoms with van der Waals surface area (Å²) in [6, 6.07) is 26.7. The van der Waals surface area contributed by atoms with Crippen molar-refractivity contribution in [1.29, 1.82) is 0 Å². The summed E-state index contributed by atoms with van der Waals surface area (Å²) in [6.45, 7) is 10.7. The zero-order valence-corrected chi connectivity index (χ0v) is 20.3. The molecule has 1 unspecified atom stereocenters. The lowest BCUT2D eigenvalue weighted by Gasteiger charge is -2.33. The molecule has 30 heavy (non-hydrogen) atoms. The second-order valence-electron chi connectivity index (χ2n) is 8.23. The molecule has 1 atom stereocenters. The molecular formula is C25H27ClNOPSi. The standard InChI is InChI=1S/C25H27ClNOPSi/c1-5-24(30(2,3)4)25(20-16-18-21(26)19-17-20)27-29(28,22-12-8-6-9-13-22)23-14-10-7-11-15-23/h6-19,25H,1H2,2-4H3,(H,27,28). The van der Waals surface area contributed by atoms with Crippen LogP contribution in [-0.4, -0.2) is 8.07 Å². The number of halogens is 1. The molecule has 0 fully saturated rings. The first-order valence-corrected chi connectivity index (χ1v) is 15.5. The maximum atomic E-state index is 14.6. The van der Waals surface area contributed by atoms with E-state index in [1.54, 1.807) is 0 Å². The Hall–Kier alpha value is -2.12. The Labute approximate surface area is 185 Å². The SMILES string of the molecule is C=C=C(C(NP(=O)(c1ccccc1)c1ccccc1)c1ccc(Cl)cc1)[Si](C)(C)C. The van der Waals surface area contributed by atoms with Gasteiger partial charge in [0, 0.05) is 15.6 Å². The summed E-state index contributed by atoms with van der Waals surface area (Å²) in [7, 11) is -4.96. The van der Waals surface area contributed by atoms with Crippen molar-refractivity contribution in [2.75, 3.05) is 0 Å². The van der Waals surface area contributed by atoms with Crippen LogP contribution in [0.5, 0.6) is 0 Å². The number of rotatable bonds is 7. The molecule has 0 spiro atoms. The highest BCUT2D eigenvalue weighted by Crippen LogP contribution is 2.44. The highest BCUT2D eigenvalue weighted by atomic mass is 35.5. The van der Waals surface area contributed by atoms with Crippen LogP contribution >= 0.6 is 18.9 Å². The molecule has 5 heteroatoms. The minimum absolute atomic E-state index is 0.280. The number of benzene rings is 3. The first-order valence-electron chi connectivity index (χ1n) is 9.90. The van der Waals surface area contributed by atoms with Crippen molar-refractivity contribution in [3.63, 3.8) is 0 Å². The van der Waals surface area contributed by atoms with Crippen molar-refractivity contribution in [2.45, 2.75) is 25.7 Å². The fourth-order valence-electron chi connectivity index (χ4n) is 3.52. The van der Waals surface area contributed by atoms with Crippen LogP contribution in [0, 0.1) is 0 Å². The lowest BCUT2D eigenvalue weighted by molar-refractivity contribution is 0.572. The normalized spacial score (nSPS) is 12.8. The predicted octanol–water partition coefficient (Wildman–Crippen LogP) is 6.49. The summed E-state index contributed by atoms with van der Waals surface area (Å²) in [5, 5.41) is 6.86. The third-order valence-electron chi connectivity index (χ3n) is 5.04. The van der Waals surface area contributed by atoms with Gasteiger partial charge in [-0.3, -0.25) is 4.57 Å². The monoisotopic (exact) mass is 451 g/mol. The Bertz CT molecular complexity index is 1040. The molecule has 3 aromatic rings. The van der Waals surface area contributed by atoms with E-state index in [0.29, 0.717) is 5.02 Å². The predicted molar refractivity (Wildman–Crippen MR) is 133 cm³/mol. The van der Waals surface area contributed by atoms with E-state index in [-0.39, 0.29) is 6.04 Å². The molecule has 0 bridgehead atoms. The van der Waals surface area contributed by atoms with Crippen LogP contribution in [0.4, 0.5) is 0 Å². The first kappa shape index (κ1) is 22.6. The summed E-state index contributed by atoms with van der Waals surface area (Å²) < 4.78 is 14.6. The van der Waals surface area contributed by atoms with Gasteiger partial charge < -0.3 is 0 Å². The fourth-order valence-corrected chi connectivity index (χ4v) is 7.82. The molecule has 2 nitrogen and oxygen atoms in total. The molecule has 0 heterocycles. The number of hydrogen-bond acceptors (Lipinski definition) is 1. The second-order valence-corrected chi connectivity index (χ2v) is 16.2. The van der Waals surface area contributed by atoms with Crippen LogP contribution in [-0.2, 0) is 4.57 Å². The van der Waals surface area contributed by atoms with Crippen molar-refractivity contribution in [3.05, 3.63) is 113 Å². The van der Waals surface area contributed by atoms with Crippen LogP contribution in [0.15, 0.2) is 102 Å². The summed E-state index contributed by atoms with van der Waals surface area (Å²) >= 11 is 6.14. The van der Waals surface area contributed by atoms with Gasteiger partial charge in [0.2, 0.25) is 7.29 Å². The minimum atomic E-state index is -3.14. The fraction of sp³-hybridized carbons (Fsp3) is 0.160. The van der Waals surface area contributed by atoms with Gasteiger partial charge in [0.25, 0.3) is 0 Å². The van der Waals surface area contributed by atoms with Gasteiger partial charge in [-0.2, -0.15) is 0 Å². The molecule has 0 saturated carbocycles. The van der Waals surface area contributed by atoms with Crippen LogP contribution < -0.4 is 15.7 Å². The Morgan fingerprint density at radius 2 is 1.37 bits per heavy atom. The highest BCUT2D eigenvalue weighted by Gasteiger charge is 2.35. The smallest absolute Gasteiger partial charge is 0.205 e. The lowest BCUT2D eigenvalue weighted by Crippen LogP contribution is -2.37. The molecule has 0 amide bonds. The van der Waals surface area contributed by atoms with E-state index < -0.39 is 15.4 Å². The molecule has 0 saturated heterocycles. The number of hydrogen-bond donors (Lipinski definition) is 1. The van der Waals surface area contributed by atoms with E-state index in [0.717, 1.165) is 21.4 Å². The lowest BCUT2D eigenvalue weighted by atomic mass is 10.1. The number of nitrogens with one attached hydrogen (secondary N) is 1. The van der Waals surface area contributed by atoms with Crippen LogP contribution in [0.2, 0.25) is 24.7 Å². The van der Waals surface area contributed by atoms with E-state index in [2.05, 4.69) is 37.0 Å².